The van der Waals surface area contributed by atoms with Crippen molar-refractivity contribution < 1.29 is 19.4 Å². The van der Waals surface area contributed by atoms with Crippen LogP contribution in [-0.4, -0.2) is 36.2 Å². The Morgan fingerprint density at radius 2 is 2.00 bits per heavy atom. The molecule has 1 aliphatic rings. The molecular formula is C13H23NO4. The summed E-state index contributed by atoms with van der Waals surface area (Å²) in [6, 6.07) is -0.795. The Hall–Kier alpha value is -1.10. The van der Waals surface area contributed by atoms with Gasteiger partial charge in [0.2, 0.25) is 5.91 Å². The number of nitrogens with one attached hydrogen (secondary N) is 1. The molecule has 0 aromatic rings. The Bertz CT molecular complexity index is 310. The Balaban J connectivity index is 2.53. The van der Waals surface area contributed by atoms with E-state index in [1.165, 1.54) is 0 Å². The van der Waals surface area contributed by atoms with Crippen molar-refractivity contribution in [3.63, 3.8) is 0 Å². The van der Waals surface area contributed by atoms with Gasteiger partial charge in [0.15, 0.2) is 0 Å². The molecule has 104 valence electrons. The molecule has 5 nitrogen and oxygen atoms in total. The minimum absolute atomic E-state index is 0.177. The first kappa shape index (κ1) is 15.0. The fraction of sp³-hybridized carbons (Fsp3) is 0.846. The molecule has 0 aromatic carbocycles. The number of carboxylic acid groups (broad SMARTS) is 1. The Morgan fingerprint density at radius 1 is 1.39 bits per heavy atom. The van der Waals surface area contributed by atoms with Crippen molar-refractivity contribution in [1.29, 1.82) is 0 Å². The molecule has 1 atom stereocenters. The number of aliphatic carboxylic acids is 1. The van der Waals surface area contributed by atoms with Crippen LogP contribution in [0.15, 0.2) is 0 Å². The highest BCUT2D eigenvalue weighted by Crippen LogP contribution is 2.46. The molecule has 0 radical (unpaired) electrons. The average Bonchev–Trinajstić information content (AvgIpc) is 3.05. The van der Waals surface area contributed by atoms with E-state index >= 15 is 0 Å². The molecule has 0 bridgehead atoms. The van der Waals surface area contributed by atoms with E-state index in [2.05, 4.69) is 5.32 Å². The van der Waals surface area contributed by atoms with Crippen LogP contribution in [0.4, 0.5) is 0 Å². The molecule has 0 spiro atoms. The summed E-state index contributed by atoms with van der Waals surface area (Å²) in [6.07, 6.45) is 2.02. The molecule has 18 heavy (non-hydrogen) atoms. The minimum atomic E-state index is -0.968. The fourth-order valence-corrected chi connectivity index (χ4v) is 1.89. The number of carbonyl (C=O) groups excluding carboxylic acids is 1. The molecule has 0 unspecified atom stereocenters. The van der Waals surface area contributed by atoms with Gasteiger partial charge in [-0.2, -0.15) is 0 Å². The van der Waals surface area contributed by atoms with Gasteiger partial charge in [0.05, 0.1) is 12.0 Å². The first-order chi connectivity index (χ1) is 8.41. The number of ether oxygens (including phenoxy) is 1. The van der Waals surface area contributed by atoms with Crippen molar-refractivity contribution in [3.05, 3.63) is 0 Å². The number of amides is 1. The first-order valence-electron chi connectivity index (χ1n) is 6.53. The Kier molecular flexibility index (Phi) is 5.14. The number of hydrogen-bond donors (Lipinski definition) is 2. The predicted octanol–water partition coefficient (Wildman–Crippen LogP) is 1.42. The maximum atomic E-state index is 12.1. The lowest BCUT2D eigenvalue weighted by Crippen LogP contribution is -2.46. The number of rotatable bonds is 8. The van der Waals surface area contributed by atoms with Gasteiger partial charge in [-0.15, -0.1) is 0 Å². The molecular weight excluding hydrogens is 234 g/mol. The van der Waals surface area contributed by atoms with E-state index < -0.39 is 17.4 Å². The summed E-state index contributed by atoms with van der Waals surface area (Å²) in [5, 5.41) is 11.7. The third-order valence-corrected chi connectivity index (χ3v) is 3.23. The van der Waals surface area contributed by atoms with Crippen molar-refractivity contribution in [2.24, 2.45) is 11.3 Å². The molecule has 1 rings (SSSR count). The van der Waals surface area contributed by atoms with Crippen LogP contribution >= 0.6 is 0 Å². The van der Waals surface area contributed by atoms with E-state index in [4.69, 9.17) is 9.84 Å². The van der Waals surface area contributed by atoms with E-state index in [0.29, 0.717) is 19.6 Å². The zero-order chi connectivity index (χ0) is 13.8. The van der Waals surface area contributed by atoms with Crippen LogP contribution < -0.4 is 5.32 Å². The second-order valence-electron chi connectivity index (χ2n) is 5.41. The summed E-state index contributed by atoms with van der Waals surface area (Å²) in [5.41, 5.74) is -0.472. The van der Waals surface area contributed by atoms with Gasteiger partial charge in [-0.3, -0.25) is 4.79 Å². The molecule has 0 heterocycles. The Morgan fingerprint density at radius 3 is 2.39 bits per heavy atom. The quantitative estimate of drug-likeness (QED) is 0.689. The van der Waals surface area contributed by atoms with Gasteiger partial charge in [0, 0.05) is 6.61 Å². The van der Waals surface area contributed by atoms with Crippen LogP contribution in [0.25, 0.3) is 0 Å². The number of hydrogen-bond acceptors (Lipinski definition) is 3. The summed E-state index contributed by atoms with van der Waals surface area (Å²) in [5.74, 6) is -0.915. The smallest absolute Gasteiger partial charge is 0.326 e. The van der Waals surface area contributed by atoms with E-state index in [1.54, 1.807) is 0 Å². The van der Waals surface area contributed by atoms with Crippen LogP contribution in [0, 0.1) is 11.3 Å². The molecule has 0 saturated heterocycles. The van der Waals surface area contributed by atoms with E-state index in [0.717, 1.165) is 12.8 Å². The van der Waals surface area contributed by atoms with Gasteiger partial charge in [-0.1, -0.05) is 13.8 Å². The highest BCUT2D eigenvalue weighted by Gasteiger charge is 2.50. The van der Waals surface area contributed by atoms with E-state index in [9.17, 15) is 9.59 Å². The third-order valence-electron chi connectivity index (χ3n) is 3.23. The second-order valence-corrected chi connectivity index (χ2v) is 5.41. The van der Waals surface area contributed by atoms with Crippen LogP contribution in [0.2, 0.25) is 0 Å². The molecule has 1 saturated carbocycles. The molecule has 1 aliphatic carbocycles. The van der Waals surface area contributed by atoms with E-state index in [-0.39, 0.29) is 11.8 Å². The van der Waals surface area contributed by atoms with Gasteiger partial charge in [0.25, 0.3) is 0 Å². The maximum Gasteiger partial charge on any atom is 0.326 e. The van der Waals surface area contributed by atoms with Gasteiger partial charge < -0.3 is 15.2 Å². The zero-order valence-corrected chi connectivity index (χ0v) is 11.4. The molecule has 5 heteroatoms. The van der Waals surface area contributed by atoms with Crippen LogP contribution in [0.5, 0.6) is 0 Å². The van der Waals surface area contributed by atoms with Crippen LogP contribution in [-0.2, 0) is 14.3 Å². The molecule has 0 aromatic heterocycles. The minimum Gasteiger partial charge on any atom is -0.480 e. The zero-order valence-electron chi connectivity index (χ0n) is 11.4. The van der Waals surface area contributed by atoms with Gasteiger partial charge in [0.1, 0.15) is 6.04 Å². The van der Waals surface area contributed by atoms with Crippen LogP contribution in [0.1, 0.15) is 40.0 Å². The lowest BCUT2D eigenvalue weighted by Gasteiger charge is -2.20. The van der Waals surface area contributed by atoms with Crippen molar-refractivity contribution in [2.75, 3.05) is 13.2 Å². The first-order valence-corrected chi connectivity index (χ1v) is 6.53. The van der Waals surface area contributed by atoms with Gasteiger partial charge in [-0.25, -0.2) is 4.79 Å². The van der Waals surface area contributed by atoms with Crippen LogP contribution in [0.3, 0.4) is 0 Å². The molecule has 1 fully saturated rings. The lowest BCUT2D eigenvalue weighted by atomic mass is 10.0. The molecule has 1 amide bonds. The number of carboxylic acids is 1. The summed E-state index contributed by atoms with van der Waals surface area (Å²) >= 11 is 0. The number of carbonyl (C=O) groups is 2. The standard InChI is InChI=1S/C13H23NO4/c1-4-18-8-13(5-6-13)12(17)14-10(11(15)16)7-9(2)3/h9-10H,4-8H2,1-3H3,(H,14,17)(H,15,16)/t10-/m1/s1. The summed E-state index contributed by atoms with van der Waals surface area (Å²) in [7, 11) is 0. The normalized spacial score (nSPS) is 18.4. The average molecular weight is 257 g/mol. The molecule has 2 N–H and O–H groups in total. The fourth-order valence-electron chi connectivity index (χ4n) is 1.89. The SMILES string of the molecule is CCOCC1(C(=O)N[C@H](CC(C)C)C(=O)O)CC1. The monoisotopic (exact) mass is 257 g/mol. The summed E-state index contributed by atoms with van der Waals surface area (Å²) in [4.78, 5) is 23.2. The highest BCUT2D eigenvalue weighted by atomic mass is 16.5. The van der Waals surface area contributed by atoms with Gasteiger partial charge >= 0.3 is 5.97 Å². The maximum absolute atomic E-state index is 12.1. The second kappa shape index (κ2) is 6.18. The summed E-state index contributed by atoms with van der Waals surface area (Å²) < 4.78 is 5.30. The third kappa shape index (κ3) is 3.98. The molecule has 0 aliphatic heterocycles. The predicted molar refractivity (Wildman–Crippen MR) is 67.2 cm³/mol. The topological polar surface area (TPSA) is 75.6 Å². The van der Waals surface area contributed by atoms with Crippen molar-refractivity contribution in [3.8, 4) is 0 Å². The van der Waals surface area contributed by atoms with Crippen molar-refractivity contribution in [2.45, 2.75) is 46.1 Å². The van der Waals surface area contributed by atoms with Crippen molar-refractivity contribution >= 4 is 11.9 Å². The highest BCUT2D eigenvalue weighted by molar-refractivity contribution is 5.89. The largest absolute Gasteiger partial charge is 0.480 e. The lowest BCUT2D eigenvalue weighted by molar-refractivity contribution is -0.143. The van der Waals surface area contributed by atoms with Gasteiger partial charge in [-0.05, 0) is 32.1 Å². The van der Waals surface area contributed by atoms with E-state index in [1.807, 2.05) is 20.8 Å². The Labute approximate surface area is 108 Å². The van der Waals surface area contributed by atoms with Crippen molar-refractivity contribution in [1.82, 2.24) is 5.32 Å². The summed E-state index contributed by atoms with van der Waals surface area (Å²) in [6.45, 7) is 6.73.